The summed E-state index contributed by atoms with van der Waals surface area (Å²) < 4.78 is 46.4. The molecule has 2 aromatic heterocycles. The lowest BCUT2D eigenvalue weighted by atomic mass is 10.2. The van der Waals surface area contributed by atoms with Crippen molar-refractivity contribution in [3.8, 4) is 11.8 Å². The van der Waals surface area contributed by atoms with E-state index in [1.54, 1.807) is 12.1 Å². The second-order valence-electron chi connectivity index (χ2n) is 5.90. The first-order valence-electron chi connectivity index (χ1n) is 8.49. The third-order valence-electron chi connectivity index (χ3n) is 3.61. The Morgan fingerprint density at radius 1 is 0.897 bits per heavy atom. The molecular weight excluding hydrogens is 387 g/mol. The van der Waals surface area contributed by atoms with Crippen LogP contribution < -0.4 is 14.8 Å². The minimum absolute atomic E-state index is 0.161. The molecule has 0 atom stereocenters. The first kappa shape index (κ1) is 20.1. The van der Waals surface area contributed by atoms with Gasteiger partial charge in [-0.15, -0.1) is 0 Å². The Kier molecular flexibility index (Phi) is 6.28. The van der Waals surface area contributed by atoms with Crippen molar-refractivity contribution < 1.29 is 27.4 Å². The van der Waals surface area contributed by atoms with Gasteiger partial charge in [0.15, 0.2) is 6.61 Å². The molecule has 9 heteroatoms. The highest BCUT2D eigenvalue weighted by atomic mass is 19.4. The number of rotatable bonds is 7. The molecule has 0 aliphatic carbocycles. The number of carbonyl (C=O) groups excluding carboxylic acids is 1. The highest BCUT2D eigenvalue weighted by Crippen LogP contribution is 2.18. The fourth-order valence-corrected chi connectivity index (χ4v) is 2.23. The molecule has 0 spiro atoms. The van der Waals surface area contributed by atoms with E-state index in [2.05, 4.69) is 20.0 Å². The van der Waals surface area contributed by atoms with Crippen LogP contribution in [0.15, 0.2) is 67.0 Å². The maximum atomic E-state index is 12.2. The van der Waals surface area contributed by atoms with Crippen LogP contribution in [-0.4, -0.2) is 28.7 Å². The normalized spacial score (nSPS) is 11.0. The topological polar surface area (TPSA) is 73.3 Å². The van der Waals surface area contributed by atoms with Gasteiger partial charge >= 0.3 is 6.18 Å². The van der Waals surface area contributed by atoms with E-state index in [0.29, 0.717) is 18.2 Å². The van der Waals surface area contributed by atoms with Gasteiger partial charge in [0.25, 0.3) is 5.91 Å². The van der Waals surface area contributed by atoms with E-state index < -0.39 is 18.7 Å². The molecular formula is C20H16F3N3O3. The number of nitrogens with one attached hydrogen (secondary N) is 1. The van der Waals surface area contributed by atoms with Gasteiger partial charge in [0.1, 0.15) is 6.61 Å². The van der Waals surface area contributed by atoms with Crippen molar-refractivity contribution in [2.75, 3.05) is 11.9 Å². The first-order chi connectivity index (χ1) is 13.9. The van der Waals surface area contributed by atoms with Gasteiger partial charge in [-0.3, -0.25) is 4.79 Å². The number of anilines is 1. The summed E-state index contributed by atoms with van der Waals surface area (Å²) in [6.07, 6.45) is -1.89. The average molecular weight is 403 g/mol. The number of pyridine rings is 2. The third kappa shape index (κ3) is 6.49. The van der Waals surface area contributed by atoms with Crippen molar-refractivity contribution in [2.45, 2.75) is 12.8 Å². The molecule has 0 bridgehead atoms. The summed E-state index contributed by atoms with van der Waals surface area (Å²) in [5.41, 5.74) is 1.59. The van der Waals surface area contributed by atoms with Gasteiger partial charge in [0, 0.05) is 18.3 Å². The van der Waals surface area contributed by atoms with Crippen LogP contribution in [0.25, 0.3) is 0 Å². The van der Waals surface area contributed by atoms with Crippen LogP contribution in [0.3, 0.4) is 0 Å². The molecule has 0 unspecified atom stereocenters. The number of hydrogen-bond acceptors (Lipinski definition) is 5. The molecule has 3 rings (SSSR count). The van der Waals surface area contributed by atoms with Crippen LogP contribution in [0.4, 0.5) is 18.9 Å². The van der Waals surface area contributed by atoms with Crippen molar-refractivity contribution in [1.82, 2.24) is 9.97 Å². The Labute approximate surface area is 164 Å². The van der Waals surface area contributed by atoms with Gasteiger partial charge in [-0.25, -0.2) is 9.97 Å². The predicted molar refractivity (Wildman–Crippen MR) is 98.8 cm³/mol. The third-order valence-corrected chi connectivity index (χ3v) is 3.61. The molecule has 29 heavy (non-hydrogen) atoms. The number of nitrogens with zero attached hydrogens (tertiary/aromatic N) is 2. The standard InChI is InChI=1S/C20H16F3N3O3/c21-20(22,23)13-29-18-8-6-15(10-24-18)19(27)26-16-7-9-17(25-11-16)28-12-14-4-2-1-3-5-14/h1-11H,12-13H2,(H,26,27). The average Bonchev–Trinajstić information content (AvgIpc) is 2.72. The smallest absolute Gasteiger partial charge is 0.422 e. The highest BCUT2D eigenvalue weighted by molar-refractivity contribution is 6.03. The van der Waals surface area contributed by atoms with Gasteiger partial charge in [-0.05, 0) is 17.7 Å². The number of benzene rings is 1. The van der Waals surface area contributed by atoms with Crippen molar-refractivity contribution in [3.63, 3.8) is 0 Å². The van der Waals surface area contributed by atoms with Gasteiger partial charge in [0.2, 0.25) is 11.8 Å². The maximum absolute atomic E-state index is 12.2. The number of aromatic nitrogens is 2. The summed E-state index contributed by atoms with van der Waals surface area (Å²) in [7, 11) is 0. The van der Waals surface area contributed by atoms with E-state index in [0.717, 1.165) is 11.8 Å². The monoisotopic (exact) mass is 403 g/mol. The largest absolute Gasteiger partial charge is 0.473 e. The summed E-state index contributed by atoms with van der Waals surface area (Å²) >= 11 is 0. The van der Waals surface area contributed by atoms with E-state index >= 15 is 0 Å². The Morgan fingerprint density at radius 2 is 1.59 bits per heavy atom. The van der Waals surface area contributed by atoms with E-state index in [1.165, 1.54) is 18.3 Å². The highest BCUT2D eigenvalue weighted by Gasteiger charge is 2.28. The second kappa shape index (κ2) is 9.05. The minimum atomic E-state index is -4.46. The molecule has 0 aliphatic heterocycles. The molecule has 0 fully saturated rings. The predicted octanol–water partition coefficient (Wildman–Crippen LogP) is 4.25. The Balaban J connectivity index is 1.52. The number of ether oxygens (including phenoxy) is 2. The maximum Gasteiger partial charge on any atom is 0.422 e. The molecule has 3 aromatic rings. The van der Waals surface area contributed by atoms with Crippen molar-refractivity contribution in [1.29, 1.82) is 0 Å². The zero-order valence-corrected chi connectivity index (χ0v) is 15.0. The lowest BCUT2D eigenvalue weighted by Crippen LogP contribution is -2.19. The Hall–Kier alpha value is -3.62. The number of alkyl halides is 3. The van der Waals surface area contributed by atoms with Gasteiger partial charge in [-0.2, -0.15) is 13.2 Å². The molecule has 0 aliphatic rings. The van der Waals surface area contributed by atoms with Crippen LogP contribution in [0, 0.1) is 0 Å². The SMILES string of the molecule is O=C(Nc1ccc(OCc2ccccc2)nc1)c1ccc(OCC(F)(F)F)nc1. The van der Waals surface area contributed by atoms with Crippen molar-refractivity contribution in [3.05, 3.63) is 78.1 Å². The van der Waals surface area contributed by atoms with Gasteiger partial charge in [0.05, 0.1) is 17.4 Å². The Morgan fingerprint density at radius 3 is 2.21 bits per heavy atom. The number of halogens is 3. The van der Waals surface area contributed by atoms with E-state index in [1.807, 2.05) is 30.3 Å². The summed E-state index contributed by atoms with van der Waals surface area (Å²) in [6.45, 7) is -1.08. The van der Waals surface area contributed by atoms with E-state index in [4.69, 9.17) is 4.74 Å². The fraction of sp³-hybridized carbons (Fsp3) is 0.150. The number of amides is 1. The molecule has 1 N–H and O–H groups in total. The van der Waals surface area contributed by atoms with Crippen LogP contribution >= 0.6 is 0 Å². The lowest BCUT2D eigenvalue weighted by Gasteiger charge is -2.09. The fourth-order valence-electron chi connectivity index (χ4n) is 2.23. The molecule has 1 amide bonds. The summed E-state index contributed by atoms with van der Waals surface area (Å²) in [5.74, 6) is -0.306. The van der Waals surface area contributed by atoms with Crippen LogP contribution in [0.5, 0.6) is 11.8 Å². The molecule has 1 aromatic carbocycles. The van der Waals surface area contributed by atoms with E-state index in [-0.39, 0.29) is 11.4 Å². The van der Waals surface area contributed by atoms with Crippen LogP contribution in [0.1, 0.15) is 15.9 Å². The minimum Gasteiger partial charge on any atom is -0.473 e. The molecule has 150 valence electrons. The first-order valence-corrected chi connectivity index (χ1v) is 8.49. The number of hydrogen-bond donors (Lipinski definition) is 1. The molecule has 0 saturated heterocycles. The van der Waals surface area contributed by atoms with E-state index in [9.17, 15) is 18.0 Å². The summed E-state index contributed by atoms with van der Waals surface area (Å²) in [6, 6.07) is 15.4. The summed E-state index contributed by atoms with van der Waals surface area (Å²) in [5, 5.41) is 2.62. The molecule has 0 saturated carbocycles. The molecule has 6 nitrogen and oxygen atoms in total. The zero-order valence-electron chi connectivity index (χ0n) is 15.0. The summed E-state index contributed by atoms with van der Waals surface area (Å²) in [4.78, 5) is 20.0. The molecule has 0 radical (unpaired) electrons. The van der Waals surface area contributed by atoms with Crippen LogP contribution in [0.2, 0.25) is 0 Å². The second-order valence-corrected chi connectivity index (χ2v) is 5.90. The molecule has 2 heterocycles. The van der Waals surface area contributed by atoms with Gasteiger partial charge in [-0.1, -0.05) is 30.3 Å². The van der Waals surface area contributed by atoms with Crippen LogP contribution in [-0.2, 0) is 6.61 Å². The lowest BCUT2D eigenvalue weighted by molar-refractivity contribution is -0.154. The van der Waals surface area contributed by atoms with Crippen molar-refractivity contribution >= 4 is 11.6 Å². The van der Waals surface area contributed by atoms with Crippen molar-refractivity contribution in [2.24, 2.45) is 0 Å². The quantitative estimate of drug-likeness (QED) is 0.639. The Bertz CT molecular complexity index is 931. The number of carbonyl (C=O) groups is 1. The zero-order chi connectivity index (χ0) is 20.7. The van der Waals surface area contributed by atoms with Gasteiger partial charge < -0.3 is 14.8 Å².